The van der Waals surface area contributed by atoms with Crippen molar-refractivity contribution in [3.8, 4) is 0 Å². The van der Waals surface area contributed by atoms with Gasteiger partial charge in [0.25, 0.3) is 0 Å². The third-order valence-electron chi connectivity index (χ3n) is 2.13. The van der Waals surface area contributed by atoms with E-state index in [-0.39, 0.29) is 12.1 Å². The van der Waals surface area contributed by atoms with Gasteiger partial charge in [0.1, 0.15) is 5.60 Å². The van der Waals surface area contributed by atoms with Crippen LogP contribution in [-0.4, -0.2) is 35.7 Å². The highest BCUT2D eigenvalue weighted by Crippen LogP contribution is 2.21. The van der Waals surface area contributed by atoms with Gasteiger partial charge in [0.2, 0.25) is 0 Å². The zero-order valence-electron chi connectivity index (χ0n) is 9.30. The van der Waals surface area contributed by atoms with Gasteiger partial charge in [-0.05, 0) is 32.7 Å². The molecule has 6 heteroatoms. The Kier molecular flexibility index (Phi) is 3.42. The lowest BCUT2D eigenvalue weighted by atomic mass is 10.0. The van der Waals surface area contributed by atoms with Crippen molar-refractivity contribution < 1.29 is 9.53 Å². The third-order valence-corrected chi connectivity index (χ3v) is 2.13. The van der Waals surface area contributed by atoms with Crippen molar-refractivity contribution >= 4 is 6.09 Å². The van der Waals surface area contributed by atoms with Gasteiger partial charge < -0.3 is 9.64 Å². The third kappa shape index (κ3) is 3.32. The van der Waals surface area contributed by atoms with E-state index in [4.69, 9.17) is 10.3 Å². The minimum Gasteiger partial charge on any atom is -0.444 e. The van der Waals surface area contributed by atoms with Crippen molar-refractivity contribution in [1.82, 2.24) is 4.90 Å². The van der Waals surface area contributed by atoms with Crippen LogP contribution in [0.4, 0.5) is 4.79 Å². The van der Waals surface area contributed by atoms with Gasteiger partial charge >= 0.3 is 6.09 Å². The molecule has 1 fully saturated rings. The van der Waals surface area contributed by atoms with E-state index in [1.54, 1.807) is 4.90 Å². The molecule has 0 saturated carbocycles. The second-order valence-corrected chi connectivity index (χ2v) is 4.53. The van der Waals surface area contributed by atoms with Crippen molar-refractivity contribution in [2.75, 3.05) is 13.1 Å². The Labute approximate surface area is 88.8 Å². The molecule has 6 nitrogen and oxygen atoms in total. The molecule has 0 N–H and O–H groups in total. The minimum absolute atomic E-state index is 0.00995. The van der Waals surface area contributed by atoms with Crippen molar-refractivity contribution in [2.45, 2.75) is 38.8 Å². The normalized spacial score (nSPS) is 20.2. The van der Waals surface area contributed by atoms with E-state index in [0.29, 0.717) is 13.1 Å². The number of azide groups is 1. The highest BCUT2D eigenvalue weighted by atomic mass is 16.6. The van der Waals surface area contributed by atoms with Crippen molar-refractivity contribution in [1.29, 1.82) is 0 Å². The van der Waals surface area contributed by atoms with Crippen LogP contribution in [0.5, 0.6) is 0 Å². The standard InChI is InChI=1S/C9H16N4O2/c1-9(2,3)15-8(14)13-5-4-7(13)6-11-12-10/h7H,4-6H2,1-3H3/t7-/m0/s1. The van der Waals surface area contributed by atoms with Crippen LogP contribution in [0.3, 0.4) is 0 Å². The van der Waals surface area contributed by atoms with Crippen LogP contribution in [0, 0.1) is 0 Å². The van der Waals surface area contributed by atoms with Crippen LogP contribution in [0.15, 0.2) is 5.11 Å². The van der Waals surface area contributed by atoms with Crippen LogP contribution >= 0.6 is 0 Å². The zero-order valence-corrected chi connectivity index (χ0v) is 9.30. The summed E-state index contributed by atoms with van der Waals surface area (Å²) in [6.45, 7) is 6.49. The Morgan fingerprint density at radius 2 is 2.33 bits per heavy atom. The maximum absolute atomic E-state index is 11.6. The summed E-state index contributed by atoms with van der Waals surface area (Å²) in [7, 11) is 0. The van der Waals surface area contributed by atoms with Crippen molar-refractivity contribution in [2.24, 2.45) is 5.11 Å². The van der Waals surface area contributed by atoms with E-state index in [9.17, 15) is 4.79 Å². The van der Waals surface area contributed by atoms with Crippen LogP contribution in [-0.2, 0) is 4.74 Å². The van der Waals surface area contributed by atoms with E-state index in [2.05, 4.69) is 10.0 Å². The number of hydrogen-bond donors (Lipinski definition) is 0. The first-order valence-corrected chi connectivity index (χ1v) is 4.94. The Morgan fingerprint density at radius 1 is 1.67 bits per heavy atom. The van der Waals surface area contributed by atoms with Gasteiger partial charge in [-0.2, -0.15) is 0 Å². The molecule has 0 radical (unpaired) electrons. The monoisotopic (exact) mass is 212 g/mol. The minimum atomic E-state index is -0.476. The van der Waals surface area contributed by atoms with Crippen LogP contribution in [0.1, 0.15) is 27.2 Å². The number of rotatable bonds is 2. The summed E-state index contributed by atoms with van der Waals surface area (Å²) in [5.74, 6) is 0. The summed E-state index contributed by atoms with van der Waals surface area (Å²) >= 11 is 0. The predicted molar refractivity (Wildman–Crippen MR) is 55.4 cm³/mol. The van der Waals surface area contributed by atoms with E-state index in [1.165, 1.54) is 0 Å². The first-order chi connectivity index (χ1) is 6.94. The molecule has 0 aliphatic carbocycles. The molecule has 1 aliphatic rings. The lowest BCUT2D eigenvalue weighted by molar-refractivity contribution is -0.00342. The largest absolute Gasteiger partial charge is 0.444 e. The first-order valence-electron chi connectivity index (χ1n) is 4.94. The van der Waals surface area contributed by atoms with Crippen LogP contribution in [0.2, 0.25) is 0 Å². The van der Waals surface area contributed by atoms with Crippen LogP contribution < -0.4 is 0 Å². The molecule has 0 bridgehead atoms. The van der Waals surface area contributed by atoms with Crippen molar-refractivity contribution in [3.63, 3.8) is 0 Å². The summed E-state index contributed by atoms with van der Waals surface area (Å²) < 4.78 is 5.20. The highest BCUT2D eigenvalue weighted by Gasteiger charge is 2.34. The number of likely N-dealkylation sites (tertiary alicyclic amines) is 1. The van der Waals surface area contributed by atoms with Gasteiger partial charge in [0.15, 0.2) is 0 Å². The van der Waals surface area contributed by atoms with E-state index >= 15 is 0 Å². The Morgan fingerprint density at radius 3 is 2.73 bits per heavy atom. The highest BCUT2D eigenvalue weighted by molar-refractivity contribution is 5.69. The van der Waals surface area contributed by atoms with Gasteiger partial charge in [-0.25, -0.2) is 4.79 Å². The van der Waals surface area contributed by atoms with Crippen molar-refractivity contribution in [3.05, 3.63) is 10.4 Å². The van der Waals surface area contributed by atoms with Crippen LogP contribution in [0.25, 0.3) is 10.4 Å². The summed E-state index contributed by atoms with van der Waals surface area (Å²) in [5, 5.41) is 3.45. The van der Waals surface area contributed by atoms with E-state index in [0.717, 1.165) is 6.42 Å². The molecule has 1 atom stereocenters. The maximum atomic E-state index is 11.6. The summed E-state index contributed by atoms with van der Waals surface area (Å²) in [6.07, 6.45) is 0.546. The molecular formula is C9H16N4O2. The molecule has 1 rings (SSSR count). The molecule has 0 aromatic rings. The SMILES string of the molecule is CC(C)(C)OC(=O)N1CC[C@H]1CN=[N+]=[N-]. The maximum Gasteiger partial charge on any atom is 0.410 e. The van der Waals surface area contributed by atoms with Gasteiger partial charge in [0.05, 0.1) is 0 Å². The van der Waals surface area contributed by atoms with E-state index < -0.39 is 5.60 Å². The second-order valence-electron chi connectivity index (χ2n) is 4.53. The van der Waals surface area contributed by atoms with Gasteiger partial charge in [0, 0.05) is 24.0 Å². The molecule has 15 heavy (non-hydrogen) atoms. The smallest absolute Gasteiger partial charge is 0.410 e. The number of carbonyl (C=O) groups is 1. The van der Waals surface area contributed by atoms with Gasteiger partial charge in [-0.1, -0.05) is 5.11 Å². The Hall–Kier alpha value is -1.42. The molecule has 0 aromatic heterocycles. The molecule has 1 saturated heterocycles. The fraction of sp³-hybridized carbons (Fsp3) is 0.889. The molecule has 0 aromatic carbocycles. The summed E-state index contributed by atoms with van der Waals surface area (Å²) in [6, 6.07) is 0.00995. The molecular weight excluding hydrogens is 196 g/mol. The lowest BCUT2D eigenvalue weighted by Crippen LogP contribution is -2.53. The quantitative estimate of drug-likeness (QED) is 0.400. The topological polar surface area (TPSA) is 78.3 Å². The number of amides is 1. The predicted octanol–water partition coefficient (Wildman–Crippen LogP) is 2.31. The first kappa shape index (κ1) is 11.7. The Balaban J connectivity index is 2.44. The molecule has 1 heterocycles. The number of hydrogen-bond acceptors (Lipinski definition) is 3. The zero-order chi connectivity index (χ0) is 11.5. The van der Waals surface area contributed by atoms with Gasteiger partial charge in [-0.15, -0.1) is 0 Å². The Bertz CT molecular complexity index is 291. The fourth-order valence-corrected chi connectivity index (χ4v) is 1.32. The average molecular weight is 212 g/mol. The molecule has 1 aliphatic heterocycles. The lowest BCUT2D eigenvalue weighted by Gasteiger charge is -2.40. The summed E-state index contributed by atoms with van der Waals surface area (Å²) in [4.78, 5) is 15.9. The molecule has 84 valence electrons. The number of carbonyl (C=O) groups excluding carboxylic acids is 1. The fourth-order valence-electron chi connectivity index (χ4n) is 1.32. The average Bonchev–Trinajstić information content (AvgIpc) is 1.98. The molecule has 0 unspecified atom stereocenters. The number of nitrogens with zero attached hydrogens (tertiary/aromatic N) is 4. The summed E-state index contributed by atoms with van der Waals surface area (Å²) in [5.41, 5.74) is 7.69. The molecule has 0 spiro atoms. The number of ether oxygens (including phenoxy) is 1. The molecule has 1 amide bonds. The van der Waals surface area contributed by atoms with Gasteiger partial charge in [-0.3, -0.25) is 0 Å². The second kappa shape index (κ2) is 4.40. The van der Waals surface area contributed by atoms with E-state index in [1.807, 2.05) is 20.8 Å².